The van der Waals surface area contributed by atoms with Crippen LogP contribution in [0.3, 0.4) is 0 Å². The van der Waals surface area contributed by atoms with Gasteiger partial charge in [0.25, 0.3) is 5.56 Å². The average molecular weight is 443 g/mol. The third kappa shape index (κ3) is 4.04. The van der Waals surface area contributed by atoms with E-state index in [1.165, 1.54) is 0 Å². The van der Waals surface area contributed by atoms with E-state index in [0.717, 1.165) is 28.0 Å². The van der Waals surface area contributed by atoms with Crippen molar-refractivity contribution in [2.24, 2.45) is 7.05 Å². The van der Waals surface area contributed by atoms with E-state index in [9.17, 15) is 14.4 Å². The highest BCUT2D eigenvalue weighted by Crippen LogP contribution is 2.32. The van der Waals surface area contributed by atoms with Crippen LogP contribution in [-0.2, 0) is 11.8 Å². The summed E-state index contributed by atoms with van der Waals surface area (Å²) in [6.45, 7) is 7.85. The number of aryl methyl sites for hydroxylation is 1. The van der Waals surface area contributed by atoms with Crippen LogP contribution in [0.2, 0.25) is 0 Å². The van der Waals surface area contributed by atoms with Crippen LogP contribution in [0.4, 0.5) is 0 Å². The fraction of sp³-hybridized carbons (Fsp3) is 0.321. The van der Waals surface area contributed by atoms with Gasteiger partial charge in [-0.1, -0.05) is 42.0 Å². The number of Topliss-reactive ketones (excluding diaryl/α,β-unsaturated/α-hetero) is 2. The first-order valence-electron chi connectivity index (χ1n) is 11.4. The van der Waals surface area contributed by atoms with Crippen LogP contribution in [0.1, 0.15) is 67.7 Å². The maximum atomic E-state index is 13.5. The van der Waals surface area contributed by atoms with Crippen LogP contribution in [0, 0.1) is 6.92 Å². The molecule has 1 aliphatic rings. The molecule has 0 saturated heterocycles. The van der Waals surface area contributed by atoms with E-state index in [-0.39, 0.29) is 29.6 Å². The Balaban J connectivity index is 1.79. The zero-order valence-electron chi connectivity index (χ0n) is 19.9. The summed E-state index contributed by atoms with van der Waals surface area (Å²) < 4.78 is 3.54. The van der Waals surface area contributed by atoms with E-state index in [0.29, 0.717) is 29.3 Å². The molecule has 1 aliphatic carbocycles. The molecule has 3 aromatic rings. The topological polar surface area (TPSA) is 61.1 Å². The molecule has 33 heavy (non-hydrogen) atoms. The molecular weight excluding hydrogens is 412 g/mol. The van der Waals surface area contributed by atoms with Crippen molar-refractivity contribution in [3.05, 3.63) is 92.6 Å². The number of benzene rings is 1. The summed E-state index contributed by atoms with van der Waals surface area (Å²) in [7, 11) is 1.72. The standard InChI is InChI=1S/C28H30N2O3/c1-17-15-18(2)22(25(32)16-17)11-12-24(31)26-20(4)30(19(3)21-9-7-6-8-10-21)27-23(26)13-14-29(5)28(27)33/h6-10,13-15,19H,11-12,16H2,1-5H3. The molecule has 0 aliphatic heterocycles. The summed E-state index contributed by atoms with van der Waals surface area (Å²) in [4.78, 5) is 39.2. The summed E-state index contributed by atoms with van der Waals surface area (Å²) in [5.41, 5.74) is 5.59. The van der Waals surface area contributed by atoms with Crippen LogP contribution in [0.5, 0.6) is 0 Å². The Hall–Kier alpha value is -3.47. The van der Waals surface area contributed by atoms with Crippen molar-refractivity contribution in [1.29, 1.82) is 0 Å². The third-order valence-corrected chi connectivity index (χ3v) is 6.74. The Labute approximate surface area is 194 Å². The molecule has 170 valence electrons. The summed E-state index contributed by atoms with van der Waals surface area (Å²) in [5, 5.41) is 0.680. The van der Waals surface area contributed by atoms with Gasteiger partial charge < -0.3 is 9.13 Å². The number of nitrogens with zero attached hydrogens (tertiary/aromatic N) is 2. The van der Waals surface area contributed by atoms with E-state index in [1.54, 1.807) is 17.8 Å². The van der Waals surface area contributed by atoms with Gasteiger partial charge in [-0.3, -0.25) is 14.4 Å². The minimum atomic E-state index is -0.126. The van der Waals surface area contributed by atoms with Crippen LogP contribution >= 0.6 is 0 Å². The maximum Gasteiger partial charge on any atom is 0.274 e. The molecule has 0 radical (unpaired) electrons. The number of fused-ring (bicyclic) bond motifs is 1. The van der Waals surface area contributed by atoms with Crippen LogP contribution < -0.4 is 5.56 Å². The Bertz CT molecular complexity index is 1380. The van der Waals surface area contributed by atoms with Crippen molar-refractivity contribution in [1.82, 2.24) is 9.13 Å². The van der Waals surface area contributed by atoms with Crippen molar-refractivity contribution in [2.45, 2.75) is 53.0 Å². The molecule has 0 bridgehead atoms. The molecule has 4 rings (SSSR count). The number of ketones is 2. The number of hydrogen-bond acceptors (Lipinski definition) is 3. The van der Waals surface area contributed by atoms with Crippen LogP contribution in [0.25, 0.3) is 10.9 Å². The van der Waals surface area contributed by atoms with E-state index in [1.807, 2.05) is 74.7 Å². The zero-order valence-corrected chi connectivity index (χ0v) is 19.9. The SMILES string of the molecule is CC1=CC(C)=C(CCC(=O)c2c(C)n(C(C)c3ccccc3)c3c(=O)n(C)ccc23)C(=O)C1. The van der Waals surface area contributed by atoms with Gasteiger partial charge in [-0.15, -0.1) is 0 Å². The molecule has 2 heterocycles. The predicted octanol–water partition coefficient (Wildman–Crippen LogP) is 5.46. The van der Waals surface area contributed by atoms with Crippen molar-refractivity contribution in [3.8, 4) is 0 Å². The minimum Gasteiger partial charge on any atom is -0.332 e. The summed E-state index contributed by atoms with van der Waals surface area (Å²) in [6, 6.07) is 11.7. The Morgan fingerprint density at radius 3 is 2.42 bits per heavy atom. The highest BCUT2D eigenvalue weighted by molar-refractivity contribution is 6.10. The summed E-state index contributed by atoms with van der Waals surface area (Å²) in [5.74, 6) is 0.0650. The van der Waals surface area contributed by atoms with Gasteiger partial charge in [-0.25, -0.2) is 0 Å². The Morgan fingerprint density at radius 1 is 1.06 bits per heavy atom. The van der Waals surface area contributed by atoms with E-state index >= 15 is 0 Å². The van der Waals surface area contributed by atoms with E-state index in [2.05, 4.69) is 0 Å². The van der Waals surface area contributed by atoms with E-state index in [4.69, 9.17) is 0 Å². The lowest BCUT2D eigenvalue weighted by molar-refractivity contribution is -0.115. The maximum absolute atomic E-state index is 13.5. The number of pyridine rings is 1. The fourth-order valence-corrected chi connectivity index (χ4v) is 5.04. The lowest BCUT2D eigenvalue weighted by Gasteiger charge is -2.18. The quantitative estimate of drug-likeness (QED) is 0.477. The zero-order chi connectivity index (χ0) is 23.9. The molecule has 0 amide bonds. The van der Waals surface area contributed by atoms with Crippen molar-refractivity contribution >= 4 is 22.5 Å². The largest absolute Gasteiger partial charge is 0.332 e. The van der Waals surface area contributed by atoms with Gasteiger partial charge in [-0.05, 0) is 56.9 Å². The van der Waals surface area contributed by atoms with Gasteiger partial charge >= 0.3 is 0 Å². The predicted molar refractivity (Wildman–Crippen MR) is 132 cm³/mol. The number of rotatable bonds is 6. The highest BCUT2D eigenvalue weighted by atomic mass is 16.1. The first-order valence-corrected chi connectivity index (χ1v) is 11.4. The van der Waals surface area contributed by atoms with Crippen molar-refractivity contribution < 1.29 is 9.59 Å². The lowest BCUT2D eigenvalue weighted by Crippen LogP contribution is -2.20. The second-order valence-corrected chi connectivity index (χ2v) is 9.09. The van der Waals surface area contributed by atoms with Crippen molar-refractivity contribution in [2.75, 3.05) is 0 Å². The monoisotopic (exact) mass is 442 g/mol. The number of allylic oxidation sites excluding steroid dienone is 4. The lowest BCUT2D eigenvalue weighted by atomic mass is 9.88. The molecule has 5 nitrogen and oxygen atoms in total. The van der Waals surface area contributed by atoms with Gasteiger partial charge in [0.05, 0.1) is 6.04 Å². The molecular formula is C28H30N2O3. The first-order chi connectivity index (χ1) is 15.7. The summed E-state index contributed by atoms with van der Waals surface area (Å²) >= 11 is 0. The average Bonchev–Trinajstić information content (AvgIpc) is 3.08. The van der Waals surface area contributed by atoms with Crippen LogP contribution in [0.15, 0.2) is 70.2 Å². The molecule has 0 N–H and O–H groups in total. The van der Waals surface area contributed by atoms with Gasteiger partial charge in [0.15, 0.2) is 11.6 Å². The van der Waals surface area contributed by atoms with Crippen LogP contribution in [-0.4, -0.2) is 20.7 Å². The number of hydrogen-bond donors (Lipinski definition) is 0. The van der Waals surface area contributed by atoms with Crippen molar-refractivity contribution in [3.63, 3.8) is 0 Å². The second-order valence-electron chi connectivity index (χ2n) is 9.09. The highest BCUT2D eigenvalue weighted by Gasteiger charge is 2.26. The molecule has 0 fully saturated rings. The number of carbonyl (C=O) groups is 2. The molecule has 2 aromatic heterocycles. The first kappa shape index (κ1) is 22.7. The molecule has 1 atom stereocenters. The minimum absolute atomic E-state index is 0.0378. The van der Waals surface area contributed by atoms with Gasteiger partial charge in [0, 0.05) is 42.7 Å². The molecule has 0 saturated carbocycles. The Morgan fingerprint density at radius 2 is 1.76 bits per heavy atom. The molecule has 1 aromatic carbocycles. The molecule has 5 heteroatoms. The van der Waals surface area contributed by atoms with E-state index < -0.39 is 0 Å². The van der Waals surface area contributed by atoms with Gasteiger partial charge in [0.1, 0.15) is 5.52 Å². The Kier molecular flexibility index (Phi) is 6.07. The smallest absolute Gasteiger partial charge is 0.274 e. The second kappa shape index (κ2) is 8.81. The third-order valence-electron chi connectivity index (χ3n) is 6.74. The molecule has 1 unspecified atom stereocenters. The number of aromatic nitrogens is 2. The summed E-state index contributed by atoms with van der Waals surface area (Å²) in [6.07, 6.45) is 4.81. The number of carbonyl (C=O) groups excluding carboxylic acids is 2. The molecule has 0 spiro atoms. The normalized spacial score (nSPS) is 15.2. The van der Waals surface area contributed by atoms with Gasteiger partial charge in [0.2, 0.25) is 0 Å². The fourth-order valence-electron chi connectivity index (χ4n) is 5.04. The van der Waals surface area contributed by atoms with Gasteiger partial charge in [-0.2, -0.15) is 0 Å².